The maximum atomic E-state index is 12.5. The number of ether oxygens (including phenoxy) is 2. The van der Waals surface area contributed by atoms with Crippen LogP contribution >= 0.6 is 15.9 Å². The molecular weight excluding hydrogens is 303 g/mol. The summed E-state index contributed by atoms with van der Waals surface area (Å²) in [6.45, 7) is 0.552. The van der Waals surface area contributed by atoms with Crippen LogP contribution in [-0.4, -0.2) is 20.3 Å². The number of hydrogen-bond donors (Lipinski definition) is 1. The molecule has 0 aliphatic carbocycles. The standard InChI is InChI=1S/C10H11BrF3NO2/c1-16-4-5-17-7-3-2-6(10(12,13)14)8(11)9(7)15/h2-3H,4-5,15H2,1H3. The van der Waals surface area contributed by atoms with Gasteiger partial charge in [0, 0.05) is 7.11 Å². The molecule has 0 aliphatic rings. The van der Waals surface area contributed by atoms with E-state index in [2.05, 4.69) is 15.9 Å². The van der Waals surface area contributed by atoms with Crippen molar-refractivity contribution >= 4 is 21.6 Å². The predicted octanol–water partition coefficient (Wildman–Crippen LogP) is 3.08. The number of rotatable bonds is 4. The van der Waals surface area contributed by atoms with E-state index in [-0.39, 0.29) is 22.5 Å². The molecule has 0 saturated heterocycles. The van der Waals surface area contributed by atoms with Crippen molar-refractivity contribution in [2.75, 3.05) is 26.1 Å². The van der Waals surface area contributed by atoms with E-state index in [0.29, 0.717) is 6.61 Å². The van der Waals surface area contributed by atoms with Crippen LogP contribution in [0, 0.1) is 0 Å². The number of nitrogens with two attached hydrogens (primary N) is 1. The lowest BCUT2D eigenvalue weighted by Gasteiger charge is -2.14. The number of alkyl halides is 3. The van der Waals surface area contributed by atoms with Gasteiger partial charge in [-0.15, -0.1) is 0 Å². The Morgan fingerprint density at radius 2 is 1.94 bits per heavy atom. The molecular formula is C10H11BrF3NO2. The number of hydrogen-bond acceptors (Lipinski definition) is 3. The topological polar surface area (TPSA) is 44.5 Å². The van der Waals surface area contributed by atoms with Crippen molar-refractivity contribution in [3.63, 3.8) is 0 Å². The highest BCUT2D eigenvalue weighted by Crippen LogP contribution is 2.41. The van der Waals surface area contributed by atoms with E-state index in [1.54, 1.807) is 0 Å². The third-order valence-electron chi connectivity index (χ3n) is 1.99. The minimum Gasteiger partial charge on any atom is -0.489 e. The van der Waals surface area contributed by atoms with Gasteiger partial charge in [0.1, 0.15) is 12.4 Å². The Bertz CT molecular complexity index is 396. The summed E-state index contributed by atoms with van der Waals surface area (Å²) < 4.78 is 47.3. The second-order valence-electron chi connectivity index (χ2n) is 3.18. The van der Waals surface area contributed by atoms with E-state index < -0.39 is 11.7 Å². The molecule has 1 rings (SSSR count). The van der Waals surface area contributed by atoms with Gasteiger partial charge in [-0.05, 0) is 28.1 Å². The summed E-state index contributed by atoms with van der Waals surface area (Å²) in [4.78, 5) is 0. The molecule has 0 aromatic heterocycles. The van der Waals surface area contributed by atoms with Gasteiger partial charge in [-0.25, -0.2) is 0 Å². The molecule has 0 radical (unpaired) electrons. The molecule has 0 bridgehead atoms. The summed E-state index contributed by atoms with van der Waals surface area (Å²) in [5.41, 5.74) is 4.65. The van der Waals surface area contributed by atoms with Gasteiger partial charge < -0.3 is 15.2 Å². The van der Waals surface area contributed by atoms with Crippen molar-refractivity contribution in [3.8, 4) is 5.75 Å². The first-order chi connectivity index (χ1) is 7.88. The minimum atomic E-state index is -4.45. The second-order valence-corrected chi connectivity index (χ2v) is 3.97. The Hall–Kier alpha value is -0.950. The van der Waals surface area contributed by atoms with Crippen LogP contribution in [0.15, 0.2) is 16.6 Å². The lowest BCUT2D eigenvalue weighted by Crippen LogP contribution is -2.10. The second kappa shape index (κ2) is 5.59. The third-order valence-corrected chi connectivity index (χ3v) is 2.84. The summed E-state index contributed by atoms with van der Waals surface area (Å²) >= 11 is 2.82. The Morgan fingerprint density at radius 1 is 1.29 bits per heavy atom. The largest absolute Gasteiger partial charge is 0.489 e. The number of nitrogen functional groups attached to an aromatic ring is 1. The van der Waals surface area contributed by atoms with Crippen LogP contribution in [0.3, 0.4) is 0 Å². The van der Waals surface area contributed by atoms with Gasteiger partial charge in [-0.3, -0.25) is 0 Å². The van der Waals surface area contributed by atoms with E-state index in [1.807, 2.05) is 0 Å². The van der Waals surface area contributed by atoms with Crippen LogP contribution < -0.4 is 10.5 Å². The molecule has 0 fully saturated rings. The van der Waals surface area contributed by atoms with Gasteiger partial charge in [0.15, 0.2) is 0 Å². The van der Waals surface area contributed by atoms with E-state index in [0.717, 1.165) is 6.07 Å². The van der Waals surface area contributed by atoms with Crippen molar-refractivity contribution in [1.29, 1.82) is 0 Å². The van der Waals surface area contributed by atoms with Crippen molar-refractivity contribution in [2.24, 2.45) is 0 Å². The monoisotopic (exact) mass is 313 g/mol. The molecule has 0 unspecified atom stereocenters. The van der Waals surface area contributed by atoms with E-state index >= 15 is 0 Å². The molecule has 96 valence electrons. The van der Waals surface area contributed by atoms with Crippen molar-refractivity contribution in [3.05, 3.63) is 22.2 Å². The molecule has 1 aromatic carbocycles. The highest BCUT2D eigenvalue weighted by molar-refractivity contribution is 9.10. The van der Waals surface area contributed by atoms with Crippen molar-refractivity contribution in [1.82, 2.24) is 0 Å². The van der Waals surface area contributed by atoms with Gasteiger partial charge in [0.05, 0.1) is 22.3 Å². The van der Waals surface area contributed by atoms with Crippen molar-refractivity contribution < 1.29 is 22.6 Å². The molecule has 7 heteroatoms. The molecule has 0 saturated carbocycles. The van der Waals surface area contributed by atoms with E-state index in [4.69, 9.17) is 15.2 Å². The Morgan fingerprint density at radius 3 is 2.47 bits per heavy atom. The smallest absolute Gasteiger partial charge is 0.417 e. The van der Waals surface area contributed by atoms with E-state index in [9.17, 15) is 13.2 Å². The summed E-state index contributed by atoms with van der Waals surface area (Å²) in [6, 6.07) is 2.11. The minimum absolute atomic E-state index is 0.0732. The average Bonchev–Trinajstić information content (AvgIpc) is 2.23. The summed E-state index contributed by atoms with van der Waals surface area (Å²) in [5, 5.41) is 0. The van der Waals surface area contributed by atoms with E-state index in [1.165, 1.54) is 13.2 Å². The van der Waals surface area contributed by atoms with Crippen LogP contribution in [0.1, 0.15) is 5.56 Å². The van der Waals surface area contributed by atoms with Crippen molar-refractivity contribution in [2.45, 2.75) is 6.18 Å². The summed E-state index contributed by atoms with van der Waals surface area (Å²) in [6.07, 6.45) is -4.45. The molecule has 2 N–H and O–H groups in total. The Kier molecular flexibility index (Phi) is 4.64. The van der Waals surface area contributed by atoms with Crippen LogP contribution in [0.5, 0.6) is 5.75 Å². The molecule has 0 amide bonds. The third kappa shape index (κ3) is 3.50. The number of anilines is 1. The lowest BCUT2D eigenvalue weighted by atomic mass is 10.2. The fraction of sp³-hybridized carbons (Fsp3) is 0.400. The van der Waals surface area contributed by atoms with Gasteiger partial charge in [-0.2, -0.15) is 13.2 Å². The normalized spacial score (nSPS) is 11.6. The Labute approximate surface area is 105 Å². The van der Waals surface area contributed by atoms with Gasteiger partial charge in [0.2, 0.25) is 0 Å². The van der Waals surface area contributed by atoms with Crippen LogP contribution in [0.2, 0.25) is 0 Å². The zero-order valence-corrected chi connectivity index (χ0v) is 10.6. The fourth-order valence-electron chi connectivity index (χ4n) is 1.15. The van der Waals surface area contributed by atoms with Gasteiger partial charge in [0.25, 0.3) is 0 Å². The zero-order chi connectivity index (χ0) is 13.1. The van der Waals surface area contributed by atoms with Crippen LogP contribution in [0.4, 0.5) is 18.9 Å². The molecule has 17 heavy (non-hydrogen) atoms. The summed E-state index contributed by atoms with van der Waals surface area (Å²) in [7, 11) is 1.50. The quantitative estimate of drug-likeness (QED) is 0.686. The maximum Gasteiger partial charge on any atom is 0.417 e. The first-order valence-electron chi connectivity index (χ1n) is 4.65. The number of benzene rings is 1. The molecule has 0 spiro atoms. The fourth-order valence-corrected chi connectivity index (χ4v) is 1.71. The number of methoxy groups -OCH3 is 1. The highest BCUT2D eigenvalue weighted by Gasteiger charge is 2.34. The molecule has 0 heterocycles. The number of halogens is 4. The first kappa shape index (κ1) is 14.1. The molecule has 0 aliphatic heterocycles. The average molecular weight is 314 g/mol. The summed E-state index contributed by atoms with van der Waals surface area (Å²) in [5.74, 6) is 0.196. The predicted molar refractivity (Wildman–Crippen MR) is 60.9 cm³/mol. The van der Waals surface area contributed by atoms with Crippen LogP contribution in [0.25, 0.3) is 0 Å². The van der Waals surface area contributed by atoms with Gasteiger partial charge >= 0.3 is 6.18 Å². The Balaban J connectivity index is 2.95. The van der Waals surface area contributed by atoms with Gasteiger partial charge in [-0.1, -0.05) is 0 Å². The zero-order valence-electron chi connectivity index (χ0n) is 8.97. The molecule has 3 nitrogen and oxygen atoms in total. The molecule has 1 aromatic rings. The molecule has 0 atom stereocenters. The van der Waals surface area contributed by atoms with Crippen LogP contribution in [-0.2, 0) is 10.9 Å². The highest BCUT2D eigenvalue weighted by atomic mass is 79.9. The SMILES string of the molecule is COCCOc1ccc(C(F)(F)F)c(Br)c1N. The maximum absolute atomic E-state index is 12.5. The lowest BCUT2D eigenvalue weighted by molar-refractivity contribution is -0.138. The first-order valence-corrected chi connectivity index (χ1v) is 5.44.